The summed E-state index contributed by atoms with van der Waals surface area (Å²) in [7, 11) is 0. The highest BCUT2D eigenvalue weighted by molar-refractivity contribution is 5.86. The molecule has 2 unspecified atom stereocenters. The van der Waals surface area contributed by atoms with Gasteiger partial charge in [-0.2, -0.15) is 0 Å². The van der Waals surface area contributed by atoms with Crippen LogP contribution >= 0.6 is 0 Å². The van der Waals surface area contributed by atoms with Crippen LogP contribution in [-0.4, -0.2) is 41.8 Å². The average molecular weight is 439 g/mol. The van der Waals surface area contributed by atoms with Crippen molar-refractivity contribution in [1.82, 2.24) is 10.6 Å². The molecule has 0 bridgehead atoms. The van der Waals surface area contributed by atoms with Crippen LogP contribution in [0.3, 0.4) is 0 Å². The van der Waals surface area contributed by atoms with E-state index >= 15 is 0 Å². The monoisotopic (exact) mass is 438 g/mol. The summed E-state index contributed by atoms with van der Waals surface area (Å²) >= 11 is 0. The van der Waals surface area contributed by atoms with Crippen molar-refractivity contribution in [3.8, 4) is 11.1 Å². The molecule has 0 fully saturated rings. The molecule has 2 amide bonds. The van der Waals surface area contributed by atoms with Crippen molar-refractivity contribution >= 4 is 18.0 Å². The van der Waals surface area contributed by atoms with Gasteiger partial charge < -0.3 is 20.5 Å². The van der Waals surface area contributed by atoms with E-state index in [-0.39, 0.29) is 18.4 Å². The number of rotatable bonds is 8. The number of carbonyl (C=O) groups is 3. The van der Waals surface area contributed by atoms with Crippen molar-refractivity contribution in [2.24, 2.45) is 11.8 Å². The Labute approximate surface area is 188 Å². The van der Waals surface area contributed by atoms with Crippen molar-refractivity contribution in [3.63, 3.8) is 0 Å². The standard InChI is InChI=1S/C25H30N2O5/c1-14(2)22(24(29)30)15(3)26-23(28)16(4)27-25(31)32-13-21-19-11-7-5-9-17(19)18-10-6-8-12-20(18)21/h5-12,14-16,21-22H,13H2,1-4H3,(H,26,28)(H,27,31)(H,29,30)/t15?,16-,22?/m0/s1. The Kier molecular flexibility index (Phi) is 7.18. The number of carboxylic acids is 1. The number of carboxylic acid groups (broad SMARTS) is 1. The zero-order valence-electron chi connectivity index (χ0n) is 18.8. The first-order chi connectivity index (χ1) is 15.2. The van der Waals surface area contributed by atoms with Crippen molar-refractivity contribution in [3.05, 3.63) is 59.7 Å². The third kappa shape index (κ3) is 4.93. The summed E-state index contributed by atoms with van der Waals surface area (Å²) in [6.07, 6.45) is -0.694. The molecule has 170 valence electrons. The van der Waals surface area contributed by atoms with Crippen LogP contribution in [0.5, 0.6) is 0 Å². The summed E-state index contributed by atoms with van der Waals surface area (Å²) in [5, 5.41) is 14.6. The summed E-state index contributed by atoms with van der Waals surface area (Å²) < 4.78 is 5.47. The van der Waals surface area contributed by atoms with Gasteiger partial charge >= 0.3 is 12.1 Å². The first-order valence-corrected chi connectivity index (χ1v) is 10.8. The lowest BCUT2D eigenvalue weighted by Crippen LogP contribution is -2.51. The summed E-state index contributed by atoms with van der Waals surface area (Å²) in [6, 6.07) is 14.6. The number of ether oxygens (including phenoxy) is 1. The van der Waals surface area contributed by atoms with Gasteiger partial charge in [-0.3, -0.25) is 9.59 Å². The number of fused-ring (bicyclic) bond motifs is 3. The number of benzene rings is 2. The molecule has 3 atom stereocenters. The average Bonchev–Trinajstić information content (AvgIpc) is 3.05. The first-order valence-electron chi connectivity index (χ1n) is 10.8. The quantitative estimate of drug-likeness (QED) is 0.582. The smallest absolute Gasteiger partial charge is 0.407 e. The van der Waals surface area contributed by atoms with Gasteiger partial charge in [0.05, 0.1) is 5.92 Å². The number of alkyl carbamates (subject to hydrolysis) is 1. The van der Waals surface area contributed by atoms with E-state index < -0.39 is 36.0 Å². The lowest BCUT2D eigenvalue weighted by atomic mass is 9.89. The van der Waals surface area contributed by atoms with E-state index in [9.17, 15) is 19.5 Å². The summed E-state index contributed by atoms with van der Waals surface area (Å²) in [6.45, 7) is 6.92. The van der Waals surface area contributed by atoms with E-state index in [4.69, 9.17) is 4.74 Å². The number of nitrogens with one attached hydrogen (secondary N) is 2. The third-order valence-electron chi connectivity index (χ3n) is 5.98. The molecule has 2 aromatic carbocycles. The molecule has 0 saturated carbocycles. The van der Waals surface area contributed by atoms with Crippen molar-refractivity contribution in [1.29, 1.82) is 0 Å². The van der Waals surface area contributed by atoms with Crippen LogP contribution in [0.2, 0.25) is 0 Å². The molecule has 7 heteroatoms. The molecule has 3 N–H and O–H groups in total. The Hall–Kier alpha value is -3.35. The second kappa shape index (κ2) is 9.85. The fraction of sp³-hybridized carbons (Fsp3) is 0.400. The topological polar surface area (TPSA) is 105 Å². The molecule has 1 aliphatic carbocycles. The molecule has 0 radical (unpaired) electrons. The van der Waals surface area contributed by atoms with Crippen LogP contribution in [0, 0.1) is 11.8 Å². The highest BCUT2D eigenvalue weighted by atomic mass is 16.5. The maximum absolute atomic E-state index is 12.5. The molecular formula is C25H30N2O5. The Morgan fingerprint density at radius 1 is 0.906 bits per heavy atom. The lowest BCUT2D eigenvalue weighted by molar-refractivity contribution is -0.144. The number of hydrogen-bond donors (Lipinski definition) is 3. The number of aliphatic carboxylic acids is 1. The SMILES string of the molecule is CC(C)C(C(=O)O)C(C)NC(=O)[C@H](C)NC(=O)OCC1c2ccccc2-c2ccccc21. The highest BCUT2D eigenvalue weighted by Gasteiger charge is 2.31. The molecule has 0 spiro atoms. The fourth-order valence-electron chi connectivity index (χ4n) is 4.40. The van der Waals surface area contributed by atoms with Gasteiger partial charge in [0.1, 0.15) is 12.6 Å². The van der Waals surface area contributed by atoms with Gasteiger partial charge in [0.2, 0.25) is 5.91 Å². The van der Waals surface area contributed by atoms with Crippen LogP contribution in [0.15, 0.2) is 48.5 Å². The molecule has 32 heavy (non-hydrogen) atoms. The molecule has 0 saturated heterocycles. The minimum Gasteiger partial charge on any atom is -0.481 e. The molecule has 0 heterocycles. The molecule has 2 aromatic rings. The zero-order chi connectivity index (χ0) is 23.4. The Bertz CT molecular complexity index is 958. The van der Waals surface area contributed by atoms with Gasteiger partial charge in [0, 0.05) is 12.0 Å². The largest absolute Gasteiger partial charge is 0.481 e. The van der Waals surface area contributed by atoms with Crippen molar-refractivity contribution in [2.75, 3.05) is 6.61 Å². The van der Waals surface area contributed by atoms with Crippen molar-refractivity contribution < 1.29 is 24.2 Å². The van der Waals surface area contributed by atoms with E-state index in [1.54, 1.807) is 20.8 Å². The maximum atomic E-state index is 12.5. The number of hydrogen-bond acceptors (Lipinski definition) is 4. The van der Waals surface area contributed by atoms with E-state index in [1.165, 1.54) is 6.92 Å². The van der Waals surface area contributed by atoms with Gasteiger partial charge in [-0.15, -0.1) is 0 Å². The molecule has 7 nitrogen and oxygen atoms in total. The lowest BCUT2D eigenvalue weighted by Gasteiger charge is -2.26. The van der Waals surface area contributed by atoms with Gasteiger partial charge in [-0.1, -0.05) is 62.4 Å². The van der Waals surface area contributed by atoms with E-state index in [0.717, 1.165) is 22.3 Å². The van der Waals surface area contributed by atoms with E-state index in [2.05, 4.69) is 22.8 Å². The number of amides is 2. The second-order valence-electron chi connectivity index (χ2n) is 8.60. The van der Waals surface area contributed by atoms with Crippen LogP contribution in [0.4, 0.5) is 4.79 Å². The van der Waals surface area contributed by atoms with Gasteiger partial charge in [0.15, 0.2) is 0 Å². The summed E-state index contributed by atoms with van der Waals surface area (Å²) in [5.41, 5.74) is 4.48. The maximum Gasteiger partial charge on any atom is 0.407 e. The highest BCUT2D eigenvalue weighted by Crippen LogP contribution is 2.44. The van der Waals surface area contributed by atoms with Crippen LogP contribution in [0.25, 0.3) is 11.1 Å². The first kappa shape index (κ1) is 23.3. The van der Waals surface area contributed by atoms with Gasteiger partial charge in [0.25, 0.3) is 0 Å². The predicted molar refractivity (Wildman–Crippen MR) is 121 cm³/mol. The molecule has 0 aliphatic heterocycles. The Morgan fingerprint density at radius 2 is 1.44 bits per heavy atom. The second-order valence-corrected chi connectivity index (χ2v) is 8.60. The van der Waals surface area contributed by atoms with E-state index in [0.29, 0.717) is 0 Å². The number of carbonyl (C=O) groups excluding carboxylic acids is 2. The van der Waals surface area contributed by atoms with E-state index in [1.807, 2.05) is 36.4 Å². The third-order valence-corrected chi connectivity index (χ3v) is 5.98. The minimum absolute atomic E-state index is 0.0697. The molecular weight excluding hydrogens is 408 g/mol. The van der Waals surface area contributed by atoms with Gasteiger partial charge in [-0.05, 0) is 42.0 Å². The van der Waals surface area contributed by atoms with Gasteiger partial charge in [-0.25, -0.2) is 4.79 Å². The minimum atomic E-state index is -0.968. The summed E-state index contributed by atoms with van der Waals surface area (Å²) in [4.78, 5) is 36.3. The fourth-order valence-corrected chi connectivity index (χ4v) is 4.40. The molecule has 1 aliphatic rings. The molecule has 0 aromatic heterocycles. The zero-order valence-corrected chi connectivity index (χ0v) is 18.8. The molecule has 3 rings (SSSR count). The van der Waals surface area contributed by atoms with Crippen molar-refractivity contribution in [2.45, 2.75) is 45.7 Å². The Balaban J connectivity index is 1.57. The van der Waals surface area contributed by atoms with Crippen LogP contribution in [-0.2, 0) is 14.3 Å². The Morgan fingerprint density at radius 3 is 1.94 bits per heavy atom. The van der Waals surface area contributed by atoms with Crippen LogP contribution < -0.4 is 10.6 Å². The van der Waals surface area contributed by atoms with Crippen LogP contribution in [0.1, 0.15) is 44.7 Å². The normalized spacial score (nSPS) is 15.3. The predicted octanol–water partition coefficient (Wildman–Crippen LogP) is 3.78. The summed E-state index contributed by atoms with van der Waals surface area (Å²) in [5.74, 6) is -2.36.